The minimum absolute atomic E-state index is 0.632. The summed E-state index contributed by atoms with van der Waals surface area (Å²) in [6.45, 7) is 0. The van der Waals surface area contributed by atoms with Crippen LogP contribution in [0.15, 0.2) is 212 Å². The van der Waals surface area contributed by atoms with Crippen molar-refractivity contribution in [3.05, 3.63) is 212 Å². The number of nitrogens with zero attached hydrogens (tertiary/aromatic N) is 5. The fraction of sp³-hybridized carbons (Fsp3) is 0. The van der Waals surface area contributed by atoms with E-state index in [4.69, 9.17) is 15.0 Å². The fourth-order valence-corrected chi connectivity index (χ4v) is 9.63. The molecule has 0 atom stereocenters. The summed E-state index contributed by atoms with van der Waals surface area (Å²) in [5.41, 5.74) is 9.77. The van der Waals surface area contributed by atoms with Crippen LogP contribution in [0.5, 0.6) is 0 Å². The van der Waals surface area contributed by atoms with Crippen LogP contribution in [0, 0.1) is 0 Å². The van der Waals surface area contributed by atoms with Gasteiger partial charge in [-0.25, -0.2) is 15.0 Å². The molecule has 0 unspecified atom stereocenters. The molecule has 0 N–H and O–H groups in total. The summed E-state index contributed by atoms with van der Waals surface area (Å²) in [5, 5.41) is 12.2. The van der Waals surface area contributed by atoms with E-state index in [1.165, 1.54) is 65.2 Å². The Morgan fingerprint density at radius 3 is 1.65 bits per heavy atom. The minimum Gasteiger partial charge on any atom is -0.309 e. The zero-order chi connectivity index (χ0) is 40.7. The molecule has 0 fully saturated rings. The lowest BCUT2D eigenvalue weighted by Crippen LogP contribution is -2.00. The standard InChI is InChI=1S/C57H35N5/c1-2-15-38(16-3-1)55-58-56(60-57(59-55)42-26-25-36-13-4-5-17-40(36)33-42)39-27-30-43(31-28-39)61-49-22-10-8-20-45(49)48-35-47-41(34-53(48)61)18-12-24-51(47)62-50-23-11-9-21-46(50)54-44-19-7-6-14-37(44)29-32-52(54)62/h1-35H. The smallest absolute Gasteiger partial charge is 0.164 e. The highest BCUT2D eigenvalue weighted by Gasteiger charge is 2.19. The van der Waals surface area contributed by atoms with Crippen LogP contribution in [0.3, 0.4) is 0 Å². The van der Waals surface area contributed by atoms with Gasteiger partial charge in [0, 0.05) is 49.3 Å². The Morgan fingerprint density at radius 1 is 0.274 bits per heavy atom. The number of hydrogen-bond acceptors (Lipinski definition) is 3. The second-order valence-corrected chi connectivity index (χ2v) is 16.0. The Labute approximate surface area is 356 Å². The largest absolute Gasteiger partial charge is 0.309 e. The van der Waals surface area contributed by atoms with E-state index in [1.54, 1.807) is 0 Å². The SMILES string of the molecule is c1ccc(-c2nc(-c3ccc(-n4c5ccccc5c5cc6c(-n7c8ccccc8c8c9ccccc9ccc87)cccc6cc54)cc3)nc(-c3ccc4ccccc4c3)n2)cc1. The van der Waals surface area contributed by atoms with Crippen LogP contribution >= 0.6 is 0 Å². The summed E-state index contributed by atoms with van der Waals surface area (Å²) in [6.07, 6.45) is 0. The topological polar surface area (TPSA) is 48.5 Å². The van der Waals surface area contributed by atoms with Gasteiger partial charge in [-0.3, -0.25) is 0 Å². The summed E-state index contributed by atoms with van der Waals surface area (Å²) in [7, 11) is 0. The highest BCUT2D eigenvalue weighted by molar-refractivity contribution is 6.22. The van der Waals surface area contributed by atoms with Crippen molar-refractivity contribution in [2.75, 3.05) is 0 Å². The van der Waals surface area contributed by atoms with Gasteiger partial charge < -0.3 is 9.13 Å². The van der Waals surface area contributed by atoms with Gasteiger partial charge in [0.05, 0.1) is 27.8 Å². The van der Waals surface area contributed by atoms with Crippen molar-refractivity contribution in [3.8, 4) is 45.5 Å². The second kappa shape index (κ2) is 13.6. The lowest BCUT2D eigenvalue weighted by atomic mass is 10.0. The van der Waals surface area contributed by atoms with Crippen LogP contribution in [0.25, 0.3) is 121 Å². The molecule has 5 nitrogen and oxygen atoms in total. The molecule has 13 rings (SSSR count). The van der Waals surface area contributed by atoms with Gasteiger partial charge >= 0.3 is 0 Å². The molecule has 0 aliphatic carbocycles. The van der Waals surface area contributed by atoms with E-state index in [9.17, 15) is 0 Å². The van der Waals surface area contributed by atoms with Gasteiger partial charge in [0.1, 0.15) is 0 Å². The van der Waals surface area contributed by atoms with E-state index in [1.807, 2.05) is 30.3 Å². The Hall–Kier alpha value is -8.41. The quantitative estimate of drug-likeness (QED) is 0.174. The van der Waals surface area contributed by atoms with Crippen LogP contribution in [0.4, 0.5) is 0 Å². The molecule has 3 aromatic heterocycles. The molecular weight excluding hydrogens is 755 g/mol. The van der Waals surface area contributed by atoms with E-state index in [-0.39, 0.29) is 0 Å². The molecule has 288 valence electrons. The predicted molar refractivity (Wildman–Crippen MR) is 257 cm³/mol. The third kappa shape index (κ3) is 5.32. The molecular formula is C57H35N5. The van der Waals surface area contributed by atoms with Crippen molar-refractivity contribution in [2.24, 2.45) is 0 Å². The van der Waals surface area contributed by atoms with Crippen LogP contribution in [-0.2, 0) is 0 Å². The lowest BCUT2D eigenvalue weighted by Gasteiger charge is -2.13. The normalized spacial score (nSPS) is 11.9. The van der Waals surface area contributed by atoms with Crippen molar-refractivity contribution in [2.45, 2.75) is 0 Å². The van der Waals surface area contributed by atoms with Gasteiger partial charge in [-0.2, -0.15) is 0 Å². The van der Waals surface area contributed by atoms with E-state index in [0.29, 0.717) is 17.5 Å². The van der Waals surface area contributed by atoms with Gasteiger partial charge in [0.25, 0.3) is 0 Å². The second-order valence-electron chi connectivity index (χ2n) is 16.0. The van der Waals surface area contributed by atoms with Gasteiger partial charge in [0.2, 0.25) is 0 Å². The first-order chi connectivity index (χ1) is 30.7. The maximum absolute atomic E-state index is 5.08. The molecule has 0 saturated carbocycles. The average Bonchev–Trinajstić information content (AvgIpc) is 3.85. The van der Waals surface area contributed by atoms with Gasteiger partial charge in [-0.15, -0.1) is 0 Å². The molecule has 0 aliphatic heterocycles. The minimum atomic E-state index is 0.632. The third-order valence-electron chi connectivity index (χ3n) is 12.5. The van der Waals surface area contributed by atoms with Gasteiger partial charge in [-0.05, 0) is 93.7 Å². The van der Waals surface area contributed by atoms with Crippen molar-refractivity contribution in [1.82, 2.24) is 24.1 Å². The Bertz CT molecular complexity index is 3920. The molecule has 5 heteroatoms. The maximum Gasteiger partial charge on any atom is 0.164 e. The Morgan fingerprint density at radius 2 is 0.855 bits per heavy atom. The van der Waals surface area contributed by atoms with Crippen LogP contribution < -0.4 is 0 Å². The summed E-state index contributed by atoms with van der Waals surface area (Å²) in [5.74, 6) is 1.92. The van der Waals surface area contributed by atoms with Crippen molar-refractivity contribution < 1.29 is 0 Å². The molecule has 0 amide bonds. The number of benzene rings is 10. The number of hydrogen-bond donors (Lipinski definition) is 0. The first kappa shape index (κ1) is 34.5. The first-order valence-electron chi connectivity index (χ1n) is 21.0. The molecule has 0 saturated heterocycles. The number of aromatic nitrogens is 5. The Kier molecular flexibility index (Phi) is 7.54. The molecule has 0 aliphatic rings. The highest BCUT2D eigenvalue weighted by Crippen LogP contribution is 2.41. The van der Waals surface area contributed by atoms with Crippen LogP contribution in [0.2, 0.25) is 0 Å². The van der Waals surface area contributed by atoms with E-state index in [0.717, 1.165) is 38.8 Å². The molecule has 0 radical (unpaired) electrons. The van der Waals surface area contributed by atoms with Crippen molar-refractivity contribution in [1.29, 1.82) is 0 Å². The summed E-state index contributed by atoms with van der Waals surface area (Å²) >= 11 is 0. The van der Waals surface area contributed by atoms with Crippen molar-refractivity contribution >= 4 is 75.9 Å². The summed E-state index contributed by atoms with van der Waals surface area (Å²) < 4.78 is 4.84. The molecule has 62 heavy (non-hydrogen) atoms. The predicted octanol–water partition coefficient (Wildman–Crippen LogP) is 14.5. The molecule has 3 heterocycles. The molecule has 0 bridgehead atoms. The average molecular weight is 790 g/mol. The van der Waals surface area contributed by atoms with Crippen LogP contribution in [0.1, 0.15) is 0 Å². The number of para-hydroxylation sites is 2. The van der Waals surface area contributed by atoms with E-state index >= 15 is 0 Å². The molecule has 10 aromatic carbocycles. The fourth-order valence-electron chi connectivity index (χ4n) is 9.63. The van der Waals surface area contributed by atoms with E-state index in [2.05, 4.69) is 191 Å². The number of fused-ring (bicyclic) bond motifs is 10. The zero-order valence-electron chi connectivity index (χ0n) is 33.4. The van der Waals surface area contributed by atoms with E-state index < -0.39 is 0 Å². The Balaban J connectivity index is 0.968. The first-order valence-corrected chi connectivity index (χ1v) is 21.0. The number of rotatable bonds is 5. The third-order valence-corrected chi connectivity index (χ3v) is 12.5. The molecule has 13 aromatic rings. The van der Waals surface area contributed by atoms with Gasteiger partial charge in [-0.1, -0.05) is 146 Å². The monoisotopic (exact) mass is 789 g/mol. The lowest BCUT2D eigenvalue weighted by molar-refractivity contribution is 1.07. The maximum atomic E-state index is 5.08. The van der Waals surface area contributed by atoms with Gasteiger partial charge in [0.15, 0.2) is 17.5 Å². The summed E-state index contributed by atoms with van der Waals surface area (Å²) in [6, 6.07) is 75.8. The summed E-state index contributed by atoms with van der Waals surface area (Å²) in [4.78, 5) is 15.1. The molecule has 0 spiro atoms. The zero-order valence-corrected chi connectivity index (χ0v) is 33.4. The van der Waals surface area contributed by atoms with Crippen molar-refractivity contribution in [3.63, 3.8) is 0 Å². The highest BCUT2D eigenvalue weighted by atomic mass is 15.0. The van der Waals surface area contributed by atoms with Crippen LogP contribution in [-0.4, -0.2) is 24.1 Å².